The lowest BCUT2D eigenvalue weighted by atomic mass is 10.0. The molecule has 0 amide bonds. The predicted octanol–water partition coefficient (Wildman–Crippen LogP) is 2.80. The number of carbonyl (C=O) groups is 2. The number of benzene rings is 1. The Balaban J connectivity index is 1.67. The fourth-order valence-corrected chi connectivity index (χ4v) is 2.19. The first kappa shape index (κ1) is 13.2. The minimum atomic E-state index is -0.119. The van der Waals surface area contributed by atoms with Crippen molar-refractivity contribution in [2.24, 2.45) is 0 Å². The number of aromatic nitrogens is 3. The second kappa shape index (κ2) is 5.66. The van der Waals surface area contributed by atoms with Crippen molar-refractivity contribution in [2.45, 2.75) is 12.8 Å². The van der Waals surface area contributed by atoms with Gasteiger partial charge < -0.3 is 4.98 Å². The van der Waals surface area contributed by atoms with Crippen molar-refractivity contribution in [2.75, 3.05) is 0 Å². The number of H-pyrrole nitrogens is 1. The Labute approximate surface area is 121 Å². The normalized spacial score (nSPS) is 10.7. The first-order valence-electron chi connectivity index (χ1n) is 6.62. The van der Waals surface area contributed by atoms with Gasteiger partial charge in [-0.3, -0.25) is 9.59 Å². The summed E-state index contributed by atoms with van der Waals surface area (Å²) < 4.78 is 0. The summed E-state index contributed by atoms with van der Waals surface area (Å²) in [5, 5.41) is 0.989. The summed E-state index contributed by atoms with van der Waals surface area (Å²) in [6, 6.07) is 7.40. The zero-order valence-corrected chi connectivity index (χ0v) is 11.2. The highest BCUT2D eigenvalue weighted by Crippen LogP contribution is 2.16. The Morgan fingerprint density at radius 2 is 1.67 bits per heavy atom. The van der Waals surface area contributed by atoms with E-state index in [1.807, 2.05) is 24.4 Å². The molecule has 1 aromatic carbocycles. The van der Waals surface area contributed by atoms with Crippen molar-refractivity contribution in [1.29, 1.82) is 0 Å². The van der Waals surface area contributed by atoms with E-state index in [0.717, 1.165) is 10.9 Å². The van der Waals surface area contributed by atoms with Crippen molar-refractivity contribution in [1.82, 2.24) is 15.0 Å². The number of ketones is 2. The van der Waals surface area contributed by atoms with Crippen LogP contribution in [0.5, 0.6) is 0 Å². The van der Waals surface area contributed by atoms with Crippen LogP contribution in [0.1, 0.15) is 33.6 Å². The van der Waals surface area contributed by atoms with Gasteiger partial charge in [0.2, 0.25) is 0 Å². The summed E-state index contributed by atoms with van der Waals surface area (Å²) in [4.78, 5) is 34.7. The molecule has 0 bridgehead atoms. The Kier molecular flexibility index (Phi) is 3.55. The lowest BCUT2D eigenvalue weighted by Gasteiger charge is -2.02. The third-order valence-corrected chi connectivity index (χ3v) is 3.34. The number of hydrogen-bond acceptors (Lipinski definition) is 4. The highest BCUT2D eigenvalue weighted by molar-refractivity contribution is 6.03. The number of fused-ring (bicyclic) bond motifs is 1. The van der Waals surface area contributed by atoms with E-state index in [9.17, 15) is 9.59 Å². The van der Waals surface area contributed by atoms with Crippen LogP contribution >= 0.6 is 0 Å². The van der Waals surface area contributed by atoms with Crippen molar-refractivity contribution in [3.8, 4) is 0 Å². The van der Waals surface area contributed by atoms with E-state index in [4.69, 9.17) is 0 Å². The van der Waals surface area contributed by atoms with Gasteiger partial charge >= 0.3 is 0 Å². The van der Waals surface area contributed by atoms with Gasteiger partial charge in [0.05, 0.1) is 5.56 Å². The molecule has 0 saturated carbocycles. The van der Waals surface area contributed by atoms with E-state index >= 15 is 0 Å². The molecular formula is C16H13N3O2. The summed E-state index contributed by atoms with van der Waals surface area (Å²) in [7, 11) is 0. The van der Waals surface area contributed by atoms with E-state index in [1.54, 1.807) is 6.07 Å². The van der Waals surface area contributed by atoms with Crippen molar-refractivity contribution < 1.29 is 9.59 Å². The molecule has 0 saturated heterocycles. The smallest absolute Gasteiger partial charge is 0.166 e. The largest absolute Gasteiger partial charge is 0.361 e. The van der Waals surface area contributed by atoms with E-state index in [1.165, 1.54) is 18.7 Å². The van der Waals surface area contributed by atoms with Gasteiger partial charge in [0, 0.05) is 47.9 Å². The highest BCUT2D eigenvalue weighted by Gasteiger charge is 2.12. The summed E-state index contributed by atoms with van der Waals surface area (Å²) in [6.45, 7) is 0. The topological polar surface area (TPSA) is 75.7 Å². The van der Waals surface area contributed by atoms with Crippen LogP contribution in [0.3, 0.4) is 0 Å². The average Bonchev–Trinajstić information content (AvgIpc) is 3.00. The summed E-state index contributed by atoms with van der Waals surface area (Å²) in [6.07, 6.45) is 6.48. The molecule has 3 aromatic rings. The molecule has 2 aromatic heterocycles. The van der Waals surface area contributed by atoms with Crippen LogP contribution in [-0.2, 0) is 0 Å². The van der Waals surface area contributed by atoms with Crippen LogP contribution in [0.15, 0.2) is 49.2 Å². The average molecular weight is 279 g/mol. The van der Waals surface area contributed by atoms with Crippen LogP contribution in [0.2, 0.25) is 0 Å². The maximum Gasteiger partial charge on any atom is 0.166 e. The first-order chi connectivity index (χ1) is 10.2. The number of nitrogens with zero attached hydrogens (tertiary/aromatic N) is 2. The van der Waals surface area contributed by atoms with Crippen molar-refractivity contribution in [3.05, 3.63) is 60.3 Å². The van der Waals surface area contributed by atoms with Gasteiger partial charge in [-0.05, 0) is 24.3 Å². The summed E-state index contributed by atoms with van der Waals surface area (Å²) >= 11 is 0. The van der Waals surface area contributed by atoms with Crippen molar-refractivity contribution >= 4 is 22.5 Å². The second-order valence-corrected chi connectivity index (χ2v) is 4.75. The minimum Gasteiger partial charge on any atom is -0.361 e. The standard InChI is InChI=1S/C16H13N3O2/c20-15(3-4-16(21)13-8-17-10-18-9-13)12-1-2-14-11(7-12)5-6-19-14/h1-2,5-10,19H,3-4H2. The Bertz CT molecular complexity index is 793. The molecule has 5 heteroatoms. The van der Waals surface area contributed by atoms with E-state index < -0.39 is 0 Å². The van der Waals surface area contributed by atoms with Gasteiger partial charge in [-0.2, -0.15) is 0 Å². The molecule has 5 nitrogen and oxygen atoms in total. The van der Waals surface area contributed by atoms with E-state index in [-0.39, 0.29) is 24.4 Å². The Hall–Kier alpha value is -2.82. The van der Waals surface area contributed by atoms with E-state index in [0.29, 0.717) is 11.1 Å². The zero-order chi connectivity index (χ0) is 14.7. The summed E-state index contributed by atoms with van der Waals surface area (Å²) in [5.41, 5.74) is 2.05. The first-order valence-corrected chi connectivity index (χ1v) is 6.62. The number of nitrogens with one attached hydrogen (secondary N) is 1. The monoisotopic (exact) mass is 279 g/mol. The molecule has 2 heterocycles. The van der Waals surface area contributed by atoms with Gasteiger partial charge in [-0.1, -0.05) is 0 Å². The maximum atomic E-state index is 12.2. The van der Waals surface area contributed by atoms with Crippen molar-refractivity contribution in [3.63, 3.8) is 0 Å². The SMILES string of the molecule is O=C(CCC(=O)c1ccc2[nH]ccc2c1)c1cncnc1. The van der Waals surface area contributed by atoms with Crippen LogP contribution in [-0.4, -0.2) is 26.5 Å². The molecule has 3 rings (SSSR count). The van der Waals surface area contributed by atoms with E-state index in [2.05, 4.69) is 15.0 Å². The molecule has 104 valence electrons. The van der Waals surface area contributed by atoms with Crippen LogP contribution in [0.4, 0.5) is 0 Å². The van der Waals surface area contributed by atoms with Gasteiger partial charge in [-0.25, -0.2) is 9.97 Å². The molecule has 0 aliphatic carbocycles. The second-order valence-electron chi connectivity index (χ2n) is 4.75. The molecule has 0 unspecified atom stereocenters. The van der Waals surface area contributed by atoms with Crippen LogP contribution < -0.4 is 0 Å². The zero-order valence-electron chi connectivity index (χ0n) is 11.2. The molecule has 0 fully saturated rings. The predicted molar refractivity (Wildman–Crippen MR) is 78.2 cm³/mol. The maximum absolute atomic E-state index is 12.2. The molecule has 0 radical (unpaired) electrons. The molecule has 21 heavy (non-hydrogen) atoms. The lowest BCUT2D eigenvalue weighted by molar-refractivity contribution is 0.0917. The molecule has 0 aliphatic heterocycles. The third-order valence-electron chi connectivity index (χ3n) is 3.34. The third kappa shape index (κ3) is 2.86. The number of Topliss-reactive ketones (excluding diaryl/α,β-unsaturated/α-hetero) is 2. The van der Waals surface area contributed by atoms with Gasteiger partial charge in [0.25, 0.3) is 0 Å². The molecule has 0 atom stereocenters. The molecule has 1 N–H and O–H groups in total. The van der Waals surface area contributed by atoms with Gasteiger partial charge in [-0.15, -0.1) is 0 Å². The van der Waals surface area contributed by atoms with Crippen LogP contribution in [0.25, 0.3) is 10.9 Å². The highest BCUT2D eigenvalue weighted by atomic mass is 16.1. The quantitative estimate of drug-likeness (QED) is 0.729. The number of hydrogen-bond donors (Lipinski definition) is 1. The number of carbonyl (C=O) groups excluding carboxylic acids is 2. The lowest BCUT2D eigenvalue weighted by Crippen LogP contribution is -2.05. The fourth-order valence-electron chi connectivity index (χ4n) is 2.19. The molecular weight excluding hydrogens is 266 g/mol. The van der Waals surface area contributed by atoms with Crippen LogP contribution in [0, 0.1) is 0 Å². The molecule has 0 spiro atoms. The van der Waals surface area contributed by atoms with Gasteiger partial charge in [0.1, 0.15) is 6.33 Å². The number of aromatic amines is 1. The fraction of sp³-hybridized carbons (Fsp3) is 0.125. The van der Waals surface area contributed by atoms with Gasteiger partial charge in [0.15, 0.2) is 11.6 Å². The summed E-state index contributed by atoms with van der Waals surface area (Å²) in [5.74, 6) is -0.157. The minimum absolute atomic E-state index is 0.0386. The Morgan fingerprint density at radius 3 is 2.43 bits per heavy atom. The Morgan fingerprint density at radius 1 is 0.952 bits per heavy atom. The number of rotatable bonds is 5. The molecule has 0 aliphatic rings.